The van der Waals surface area contributed by atoms with Crippen molar-refractivity contribution in [2.45, 2.75) is 66.2 Å². The van der Waals surface area contributed by atoms with Crippen molar-refractivity contribution in [1.29, 1.82) is 0 Å². The van der Waals surface area contributed by atoms with Crippen LogP contribution in [0.3, 0.4) is 0 Å². The zero-order chi connectivity index (χ0) is 30.7. The maximum absolute atomic E-state index is 10.2. The van der Waals surface area contributed by atoms with Crippen LogP contribution in [0.4, 0.5) is 11.4 Å². The van der Waals surface area contributed by atoms with E-state index in [1.165, 1.54) is 0 Å². The molecule has 9 heteroatoms. The summed E-state index contributed by atoms with van der Waals surface area (Å²) in [6.45, 7) is 14.8. The van der Waals surface area contributed by atoms with E-state index in [1.807, 2.05) is 48.5 Å². The number of aromatic hydroxyl groups is 2. The molecule has 221 valence electrons. The van der Waals surface area contributed by atoms with Crippen molar-refractivity contribution in [2.75, 3.05) is 0 Å². The van der Waals surface area contributed by atoms with Gasteiger partial charge in [-0.2, -0.15) is 0 Å². The normalized spacial score (nSPS) is 11.1. The first kappa shape index (κ1) is 37.0. The van der Waals surface area contributed by atoms with Gasteiger partial charge in [-0.3, -0.25) is 9.98 Å². The average Bonchev–Trinajstić information content (AvgIpc) is 2.81. The van der Waals surface area contributed by atoms with Gasteiger partial charge in [0, 0.05) is 35.5 Å². The Labute approximate surface area is 252 Å². The third-order valence-corrected chi connectivity index (χ3v) is 5.34. The van der Waals surface area contributed by atoms with Crippen molar-refractivity contribution in [3.8, 4) is 11.5 Å². The van der Waals surface area contributed by atoms with Gasteiger partial charge in [-0.05, 0) is 84.3 Å². The van der Waals surface area contributed by atoms with Crippen LogP contribution in [0.2, 0.25) is 0 Å². The molecular weight excluding hydrogens is 567 g/mol. The minimum atomic E-state index is -1.08. The van der Waals surface area contributed by atoms with Crippen LogP contribution < -0.4 is 10.2 Å². The minimum Gasteiger partial charge on any atom is -0.550 e. The molecule has 0 fully saturated rings. The summed E-state index contributed by atoms with van der Waals surface area (Å²) in [5, 5.41) is 38.1. The number of hydrogen-bond acceptors (Lipinski definition) is 8. The molecule has 0 bridgehead atoms. The van der Waals surface area contributed by atoms with Crippen molar-refractivity contribution < 1.29 is 46.8 Å². The van der Waals surface area contributed by atoms with E-state index in [4.69, 9.17) is 19.8 Å². The Morgan fingerprint density at radius 1 is 0.634 bits per heavy atom. The number of carboxylic acids is 2. The van der Waals surface area contributed by atoms with Gasteiger partial charge < -0.3 is 30.0 Å². The summed E-state index contributed by atoms with van der Waals surface area (Å²) in [4.78, 5) is 26.8. The van der Waals surface area contributed by atoms with Crippen LogP contribution in [-0.4, -0.2) is 34.6 Å². The van der Waals surface area contributed by atoms with Gasteiger partial charge in [0.1, 0.15) is 11.5 Å². The molecule has 0 heterocycles. The van der Waals surface area contributed by atoms with Crippen LogP contribution in [0.25, 0.3) is 0 Å². The number of aliphatic carboxylic acids is 2. The number of aliphatic imine (C=N–C) groups is 2. The van der Waals surface area contributed by atoms with Crippen LogP contribution in [-0.2, 0) is 37.2 Å². The number of benzene rings is 3. The first-order chi connectivity index (χ1) is 18.4. The number of carbonyl (C=O) groups excluding carboxylic acids is 2. The number of nitrogens with zero attached hydrogens (tertiary/aromatic N) is 2. The maximum Gasteiger partial charge on any atom is 2.00 e. The van der Waals surface area contributed by atoms with Crippen molar-refractivity contribution in [3.63, 3.8) is 0 Å². The zero-order valence-electron chi connectivity index (χ0n) is 24.7. The number of carbonyl (C=O) groups is 2. The molecule has 0 unspecified atom stereocenters. The van der Waals surface area contributed by atoms with E-state index < -0.39 is 11.9 Å². The molecule has 0 aliphatic heterocycles. The predicted molar refractivity (Wildman–Crippen MR) is 156 cm³/mol. The Balaban J connectivity index is 0.00000158. The Morgan fingerprint density at radius 2 is 0.902 bits per heavy atom. The van der Waals surface area contributed by atoms with Gasteiger partial charge in [-0.1, -0.05) is 53.7 Å². The molecular formula is C32H38CoN2O6. The van der Waals surface area contributed by atoms with Crippen LogP contribution in [0.15, 0.2) is 70.6 Å². The summed E-state index contributed by atoms with van der Waals surface area (Å²) in [5.74, 6) is -1.75. The Kier molecular flexibility index (Phi) is 14.8. The molecule has 2 N–H and O–H groups in total. The van der Waals surface area contributed by atoms with Crippen LogP contribution in [0, 0.1) is 0 Å². The summed E-state index contributed by atoms with van der Waals surface area (Å²) < 4.78 is 0. The molecule has 0 saturated carbocycles. The Hall–Kier alpha value is -3.95. The standard InChI is InChI=1S/C28H32N2O2.2C2H4O2.Co/c1-27(2,3)21-7-13-25(31)19(15-21)17-29-23-9-11-24(12-10-23)30-18-20-16-22(28(4,5)6)8-14-26(20)32;2*1-2(3)4;/h7-18,31-32H,1-6H3;2*1H3,(H,3,4);/q;;;+2/p-2. The van der Waals surface area contributed by atoms with E-state index in [1.54, 1.807) is 24.6 Å². The number of hydrogen-bond donors (Lipinski definition) is 2. The molecule has 3 aromatic rings. The van der Waals surface area contributed by atoms with Crippen LogP contribution in [0.1, 0.15) is 77.6 Å². The smallest absolute Gasteiger partial charge is 0.550 e. The zero-order valence-corrected chi connectivity index (χ0v) is 25.7. The maximum atomic E-state index is 10.2. The van der Waals surface area contributed by atoms with Gasteiger partial charge in [0.25, 0.3) is 0 Å². The van der Waals surface area contributed by atoms with E-state index in [2.05, 4.69) is 51.5 Å². The minimum absolute atomic E-state index is 0. The number of carboxylic acid groups (broad SMARTS) is 2. The van der Waals surface area contributed by atoms with E-state index in [0.29, 0.717) is 11.1 Å². The van der Waals surface area contributed by atoms with Crippen molar-refractivity contribution in [1.82, 2.24) is 0 Å². The first-order valence-corrected chi connectivity index (χ1v) is 12.6. The third-order valence-electron chi connectivity index (χ3n) is 5.34. The molecule has 0 aliphatic rings. The molecule has 0 amide bonds. The monoisotopic (exact) mass is 605 g/mol. The van der Waals surface area contributed by atoms with Crippen LogP contribution in [0.5, 0.6) is 11.5 Å². The van der Waals surface area contributed by atoms with Gasteiger partial charge in [-0.15, -0.1) is 0 Å². The second-order valence-corrected chi connectivity index (χ2v) is 11.1. The molecule has 8 nitrogen and oxygen atoms in total. The number of phenolic OH excluding ortho intramolecular Hbond substituents is 2. The van der Waals surface area contributed by atoms with Crippen LogP contribution >= 0.6 is 0 Å². The first-order valence-electron chi connectivity index (χ1n) is 12.6. The molecule has 0 aliphatic carbocycles. The fraction of sp³-hybridized carbons (Fsp3) is 0.312. The summed E-state index contributed by atoms with van der Waals surface area (Å²) >= 11 is 0. The molecule has 41 heavy (non-hydrogen) atoms. The Morgan fingerprint density at radius 3 is 1.15 bits per heavy atom. The SMILES string of the molecule is CC(=O)[O-].CC(=O)[O-].CC(C)(C)c1ccc(O)c(C=Nc2ccc(N=Cc3cc(C(C)(C)C)ccc3O)cc2)c1.[Co+2]. The Bertz CT molecular complexity index is 1240. The topological polar surface area (TPSA) is 145 Å². The second kappa shape index (κ2) is 16.3. The summed E-state index contributed by atoms with van der Waals surface area (Å²) in [6.07, 6.45) is 3.36. The number of phenols is 2. The summed E-state index contributed by atoms with van der Waals surface area (Å²) in [7, 11) is 0. The van der Waals surface area contributed by atoms with Crippen molar-refractivity contribution in [3.05, 3.63) is 82.9 Å². The van der Waals surface area contributed by atoms with E-state index >= 15 is 0 Å². The number of rotatable bonds is 4. The van der Waals surface area contributed by atoms with Crippen molar-refractivity contribution in [2.24, 2.45) is 9.98 Å². The van der Waals surface area contributed by atoms with Gasteiger partial charge in [0.2, 0.25) is 0 Å². The van der Waals surface area contributed by atoms with E-state index in [9.17, 15) is 10.2 Å². The largest absolute Gasteiger partial charge is 2.00 e. The average molecular weight is 606 g/mol. The van der Waals surface area contributed by atoms with Gasteiger partial charge >= 0.3 is 16.8 Å². The van der Waals surface area contributed by atoms with Crippen molar-refractivity contribution >= 4 is 35.7 Å². The summed E-state index contributed by atoms with van der Waals surface area (Å²) in [5.41, 5.74) is 5.18. The molecule has 3 rings (SSSR count). The quantitative estimate of drug-likeness (QED) is 0.412. The second-order valence-electron chi connectivity index (χ2n) is 11.1. The molecule has 0 spiro atoms. The van der Waals surface area contributed by atoms with Gasteiger partial charge in [-0.25, -0.2) is 0 Å². The van der Waals surface area contributed by atoms with E-state index in [-0.39, 0.29) is 39.1 Å². The van der Waals surface area contributed by atoms with Gasteiger partial charge in [0.05, 0.1) is 11.4 Å². The summed E-state index contributed by atoms with van der Waals surface area (Å²) in [6, 6.07) is 18.7. The fourth-order valence-electron chi connectivity index (χ4n) is 3.16. The van der Waals surface area contributed by atoms with Gasteiger partial charge in [0.15, 0.2) is 0 Å². The molecule has 1 radical (unpaired) electrons. The molecule has 3 aromatic carbocycles. The molecule has 0 aromatic heterocycles. The fourth-order valence-corrected chi connectivity index (χ4v) is 3.16. The predicted octanol–water partition coefficient (Wildman–Crippen LogP) is 4.70. The molecule has 0 atom stereocenters. The molecule has 0 saturated heterocycles. The third kappa shape index (κ3) is 14.3. The van der Waals surface area contributed by atoms with E-state index in [0.717, 1.165) is 36.3 Å².